The molecule has 0 aromatic carbocycles. The lowest BCUT2D eigenvalue weighted by Crippen LogP contribution is -2.50. The van der Waals surface area contributed by atoms with Crippen molar-refractivity contribution in [3.63, 3.8) is 0 Å². The van der Waals surface area contributed by atoms with Crippen LogP contribution in [0.2, 0.25) is 0 Å². The first-order valence-corrected chi connectivity index (χ1v) is 13.7. The Kier molecular flexibility index (Phi) is 21.0. The molecule has 0 saturated carbocycles. The lowest BCUT2D eigenvalue weighted by Gasteiger charge is -2.30. The molecule has 30 heavy (non-hydrogen) atoms. The number of unbranched alkanes of at least 4 members (excludes halogenated alkanes) is 12. The summed E-state index contributed by atoms with van der Waals surface area (Å²) < 4.78 is 2.42. The van der Waals surface area contributed by atoms with Crippen molar-refractivity contribution < 1.29 is 4.58 Å². The van der Waals surface area contributed by atoms with Crippen molar-refractivity contribution in [1.29, 1.82) is 0 Å². The minimum atomic E-state index is 1.22. The second kappa shape index (κ2) is 21.5. The van der Waals surface area contributed by atoms with Crippen molar-refractivity contribution in [2.45, 2.75) is 130 Å². The van der Waals surface area contributed by atoms with Crippen LogP contribution < -0.4 is 0 Å². The molecule has 0 aromatic heterocycles. The van der Waals surface area contributed by atoms with Crippen LogP contribution >= 0.6 is 0 Å². The van der Waals surface area contributed by atoms with Crippen LogP contribution in [-0.2, 0) is 0 Å². The first-order chi connectivity index (χ1) is 14.6. The minimum Gasteiger partial charge on any atom is -0.270 e. The molecule has 0 spiro atoms. The second-order valence-electron chi connectivity index (χ2n) is 9.41. The van der Waals surface area contributed by atoms with Crippen molar-refractivity contribution in [3.8, 4) is 0 Å². The van der Waals surface area contributed by atoms with E-state index in [0.717, 1.165) is 0 Å². The Balaban J connectivity index is 5.22. The summed E-state index contributed by atoms with van der Waals surface area (Å²) in [6.07, 6.45) is 21.6. The Labute approximate surface area is 191 Å². The summed E-state index contributed by atoms with van der Waals surface area (Å²) in [4.78, 5) is 5.48. The van der Waals surface area contributed by atoms with Gasteiger partial charge in [0.25, 0.3) is 0 Å². The van der Waals surface area contributed by atoms with Gasteiger partial charge in [0.05, 0.1) is 40.3 Å². The normalized spacial score (nSPS) is 11.0. The molecule has 0 heterocycles. The quantitative estimate of drug-likeness (QED) is 0.0864. The topological polar surface area (TPSA) is 9.49 Å². The molecule has 180 valence electrons. The summed E-state index contributed by atoms with van der Waals surface area (Å²) in [5.74, 6) is 1.50. The second-order valence-corrected chi connectivity index (χ2v) is 9.41. The maximum Gasteiger partial charge on any atom is 0.350 e. The molecule has 0 fully saturated rings. The Morgan fingerprint density at radius 3 is 0.900 bits per heavy atom. The standard InChI is InChI=1S/C27H58N3/c1-7-11-15-19-23-29(24-20-16-12-8-2)27(28(5)6)30(25-21-17-13-9-3)26-22-18-14-10-4/h7-26H2,1-6H3/q+1. The van der Waals surface area contributed by atoms with E-state index in [1.165, 1.54) is 135 Å². The van der Waals surface area contributed by atoms with Gasteiger partial charge in [0, 0.05) is 0 Å². The third kappa shape index (κ3) is 15.1. The molecule has 0 aromatic rings. The van der Waals surface area contributed by atoms with Gasteiger partial charge in [-0.25, -0.2) is 0 Å². The van der Waals surface area contributed by atoms with Crippen molar-refractivity contribution in [1.82, 2.24) is 9.80 Å². The van der Waals surface area contributed by atoms with E-state index in [0.29, 0.717) is 0 Å². The minimum absolute atomic E-state index is 1.22. The smallest absolute Gasteiger partial charge is 0.270 e. The fourth-order valence-corrected chi connectivity index (χ4v) is 4.31. The number of hydrogen-bond donors (Lipinski definition) is 0. The lowest BCUT2D eigenvalue weighted by molar-refractivity contribution is -0.476. The molecule has 0 rings (SSSR count). The van der Waals surface area contributed by atoms with Gasteiger partial charge in [0.15, 0.2) is 0 Å². The maximum absolute atomic E-state index is 2.74. The van der Waals surface area contributed by atoms with Crippen LogP contribution in [-0.4, -0.2) is 60.6 Å². The van der Waals surface area contributed by atoms with Crippen LogP contribution in [0.15, 0.2) is 0 Å². The molecule has 0 aliphatic rings. The monoisotopic (exact) mass is 424 g/mol. The highest BCUT2D eigenvalue weighted by Gasteiger charge is 2.26. The van der Waals surface area contributed by atoms with Gasteiger partial charge in [-0.15, -0.1) is 0 Å². The molecular formula is C27H58N3+. The largest absolute Gasteiger partial charge is 0.350 e. The van der Waals surface area contributed by atoms with E-state index in [-0.39, 0.29) is 0 Å². The summed E-state index contributed by atoms with van der Waals surface area (Å²) in [6, 6.07) is 0. The van der Waals surface area contributed by atoms with Gasteiger partial charge in [-0.2, -0.15) is 0 Å². The highest BCUT2D eigenvalue weighted by Crippen LogP contribution is 2.12. The SMILES string of the molecule is CCCCCCN(CCCCCC)C(N(CCCCCC)CCCCCC)=[N+](C)C. The average Bonchev–Trinajstić information content (AvgIpc) is 2.73. The molecule has 0 unspecified atom stereocenters. The third-order valence-corrected chi connectivity index (χ3v) is 6.09. The van der Waals surface area contributed by atoms with E-state index in [1.54, 1.807) is 0 Å². The Bertz CT molecular complexity index is 334. The summed E-state index contributed by atoms with van der Waals surface area (Å²) in [7, 11) is 4.54. The fourth-order valence-electron chi connectivity index (χ4n) is 4.31. The number of nitrogens with zero attached hydrogens (tertiary/aromatic N) is 3. The van der Waals surface area contributed by atoms with E-state index in [1.807, 2.05) is 0 Å². The Hall–Kier alpha value is -0.730. The van der Waals surface area contributed by atoms with Crippen LogP contribution in [0.1, 0.15) is 130 Å². The first kappa shape index (κ1) is 29.3. The zero-order valence-corrected chi connectivity index (χ0v) is 22.0. The Morgan fingerprint density at radius 2 is 0.700 bits per heavy atom. The average molecular weight is 425 g/mol. The molecule has 3 nitrogen and oxygen atoms in total. The van der Waals surface area contributed by atoms with Crippen LogP contribution in [0.25, 0.3) is 0 Å². The van der Waals surface area contributed by atoms with Gasteiger partial charge < -0.3 is 0 Å². The molecule has 0 bridgehead atoms. The van der Waals surface area contributed by atoms with Crippen molar-refractivity contribution >= 4 is 5.96 Å². The van der Waals surface area contributed by atoms with Gasteiger partial charge >= 0.3 is 5.96 Å². The van der Waals surface area contributed by atoms with Gasteiger partial charge in [-0.05, 0) is 25.7 Å². The van der Waals surface area contributed by atoms with E-state index in [9.17, 15) is 0 Å². The highest BCUT2D eigenvalue weighted by atomic mass is 15.4. The lowest BCUT2D eigenvalue weighted by atomic mass is 10.1. The van der Waals surface area contributed by atoms with E-state index in [2.05, 4.69) is 56.2 Å². The van der Waals surface area contributed by atoms with Crippen LogP contribution in [0.3, 0.4) is 0 Å². The molecule has 0 amide bonds. The molecular weight excluding hydrogens is 366 g/mol. The van der Waals surface area contributed by atoms with E-state index in [4.69, 9.17) is 0 Å². The summed E-state index contributed by atoms with van der Waals surface area (Å²) in [5.41, 5.74) is 0. The highest BCUT2D eigenvalue weighted by molar-refractivity contribution is 5.75. The van der Waals surface area contributed by atoms with E-state index < -0.39 is 0 Å². The molecule has 0 saturated heterocycles. The van der Waals surface area contributed by atoms with Gasteiger partial charge in [-0.3, -0.25) is 14.4 Å². The maximum atomic E-state index is 2.74. The van der Waals surface area contributed by atoms with Gasteiger partial charge in [0.1, 0.15) is 0 Å². The zero-order chi connectivity index (χ0) is 22.5. The first-order valence-electron chi connectivity index (χ1n) is 13.7. The van der Waals surface area contributed by atoms with Crippen LogP contribution in [0.5, 0.6) is 0 Å². The summed E-state index contributed by atoms with van der Waals surface area (Å²) in [5, 5.41) is 0. The van der Waals surface area contributed by atoms with Crippen molar-refractivity contribution in [2.75, 3.05) is 40.3 Å². The van der Waals surface area contributed by atoms with E-state index >= 15 is 0 Å². The molecule has 0 aliphatic carbocycles. The Morgan fingerprint density at radius 1 is 0.433 bits per heavy atom. The molecule has 0 radical (unpaired) electrons. The van der Waals surface area contributed by atoms with Crippen molar-refractivity contribution in [3.05, 3.63) is 0 Å². The summed E-state index contributed by atoms with van der Waals surface area (Å²) in [6.45, 7) is 14.1. The number of hydrogen-bond acceptors (Lipinski definition) is 0. The van der Waals surface area contributed by atoms with Gasteiger partial charge in [-0.1, -0.05) is 105 Å². The molecule has 0 N–H and O–H groups in total. The number of guanidine groups is 1. The summed E-state index contributed by atoms with van der Waals surface area (Å²) >= 11 is 0. The number of rotatable bonds is 20. The third-order valence-electron chi connectivity index (χ3n) is 6.09. The van der Waals surface area contributed by atoms with Gasteiger partial charge in [0.2, 0.25) is 0 Å². The predicted octanol–water partition coefficient (Wildman–Crippen LogP) is 7.54. The molecule has 0 atom stereocenters. The fraction of sp³-hybridized carbons (Fsp3) is 0.963. The zero-order valence-electron chi connectivity index (χ0n) is 22.0. The van der Waals surface area contributed by atoms with Crippen LogP contribution in [0.4, 0.5) is 0 Å². The molecule has 0 aliphatic heterocycles. The van der Waals surface area contributed by atoms with Crippen LogP contribution in [0, 0.1) is 0 Å². The molecule has 3 heteroatoms. The van der Waals surface area contributed by atoms with Crippen molar-refractivity contribution in [2.24, 2.45) is 0 Å². The predicted molar refractivity (Wildman–Crippen MR) is 137 cm³/mol.